The van der Waals surface area contributed by atoms with Gasteiger partial charge in [-0.3, -0.25) is 14.9 Å². The highest BCUT2D eigenvalue weighted by atomic mass is 35.5. The van der Waals surface area contributed by atoms with E-state index in [1.807, 2.05) is 24.3 Å². The fourth-order valence-electron chi connectivity index (χ4n) is 2.36. The zero-order chi connectivity index (χ0) is 20.5. The third-order valence-corrected chi connectivity index (χ3v) is 4.26. The lowest BCUT2D eigenvalue weighted by atomic mass is 10.1. The number of halogens is 1. The lowest BCUT2D eigenvalue weighted by Gasteiger charge is -2.07. The molecule has 2 aromatic rings. The molecule has 0 bridgehead atoms. The highest BCUT2D eigenvalue weighted by Crippen LogP contribution is 2.27. The van der Waals surface area contributed by atoms with Gasteiger partial charge in [-0.1, -0.05) is 37.1 Å². The number of aryl methyl sites for hydroxylation is 1. The second kappa shape index (κ2) is 10.1. The monoisotopic (exact) mass is 398 g/mol. The molecule has 1 amide bonds. The summed E-state index contributed by atoms with van der Waals surface area (Å²) in [4.78, 5) is 22.6. The molecule has 2 N–H and O–H groups in total. The van der Waals surface area contributed by atoms with Gasteiger partial charge in [-0.2, -0.15) is 5.26 Å². The van der Waals surface area contributed by atoms with E-state index in [-0.39, 0.29) is 22.0 Å². The number of carbonyl (C=O) groups is 1. The number of nitrogens with one attached hydrogen (secondary N) is 2. The SMILES string of the molecule is CCCCc1ccc(N/C=C(/C#N)C(=O)Nc2cc([N+](=O)[O-])ccc2Cl)cc1. The summed E-state index contributed by atoms with van der Waals surface area (Å²) >= 11 is 5.96. The summed E-state index contributed by atoms with van der Waals surface area (Å²) in [6.07, 6.45) is 4.52. The van der Waals surface area contributed by atoms with E-state index >= 15 is 0 Å². The Morgan fingerprint density at radius 3 is 2.61 bits per heavy atom. The summed E-state index contributed by atoms with van der Waals surface area (Å²) in [7, 11) is 0. The normalized spacial score (nSPS) is 10.8. The van der Waals surface area contributed by atoms with E-state index in [0.717, 1.165) is 31.0 Å². The Kier molecular flexibility index (Phi) is 7.55. The number of nitrogens with zero attached hydrogens (tertiary/aromatic N) is 2. The molecule has 0 heterocycles. The van der Waals surface area contributed by atoms with Gasteiger partial charge in [0.25, 0.3) is 11.6 Å². The number of rotatable bonds is 8. The predicted octanol–water partition coefficient (Wildman–Crippen LogP) is 5.05. The van der Waals surface area contributed by atoms with Crippen LogP contribution in [0.15, 0.2) is 54.2 Å². The van der Waals surface area contributed by atoms with E-state index in [1.165, 1.54) is 23.9 Å². The van der Waals surface area contributed by atoms with Crippen LogP contribution in [0.5, 0.6) is 0 Å². The minimum Gasteiger partial charge on any atom is -0.360 e. The van der Waals surface area contributed by atoms with Crippen molar-refractivity contribution in [2.75, 3.05) is 10.6 Å². The van der Waals surface area contributed by atoms with Gasteiger partial charge < -0.3 is 10.6 Å². The van der Waals surface area contributed by atoms with Gasteiger partial charge in [-0.15, -0.1) is 0 Å². The molecule has 0 saturated carbocycles. The third-order valence-electron chi connectivity index (χ3n) is 3.93. The molecule has 2 aromatic carbocycles. The van der Waals surface area contributed by atoms with Crippen LogP contribution in [0.1, 0.15) is 25.3 Å². The molecule has 28 heavy (non-hydrogen) atoms. The number of non-ortho nitro benzene ring substituents is 1. The summed E-state index contributed by atoms with van der Waals surface area (Å²) in [6.45, 7) is 2.13. The van der Waals surface area contributed by atoms with Gasteiger partial charge in [-0.05, 0) is 36.6 Å². The number of benzene rings is 2. The van der Waals surface area contributed by atoms with Crippen molar-refractivity contribution in [1.29, 1.82) is 5.26 Å². The largest absolute Gasteiger partial charge is 0.360 e. The number of carbonyl (C=O) groups excluding carboxylic acids is 1. The van der Waals surface area contributed by atoms with Gasteiger partial charge in [0.2, 0.25) is 0 Å². The van der Waals surface area contributed by atoms with Crippen LogP contribution in [-0.2, 0) is 11.2 Å². The molecule has 0 aromatic heterocycles. The van der Waals surface area contributed by atoms with E-state index in [0.29, 0.717) is 0 Å². The first-order valence-electron chi connectivity index (χ1n) is 8.65. The Labute approximate surface area is 167 Å². The van der Waals surface area contributed by atoms with Crippen LogP contribution in [0.2, 0.25) is 5.02 Å². The molecule has 0 spiro atoms. The molecule has 0 atom stereocenters. The van der Waals surface area contributed by atoms with Crippen LogP contribution < -0.4 is 10.6 Å². The van der Waals surface area contributed by atoms with Crippen LogP contribution in [0.25, 0.3) is 0 Å². The van der Waals surface area contributed by atoms with Crippen molar-refractivity contribution in [3.8, 4) is 6.07 Å². The number of nitriles is 1. The summed E-state index contributed by atoms with van der Waals surface area (Å²) in [5, 5.41) is 25.6. The van der Waals surface area contributed by atoms with Crippen LogP contribution in [0.3, 0.4) is 0 Å². The Balaban J connectivity index is 2.08. The van der Waals surface area contributed by atoms with Gasteiger partial charge in [-0.25, -0.2) is 0 Å². The van der Waals surface area contributed by atoms with Gasteiger partial charge in [0, 0.05) is 24.0 Å². The molecule has 0 fully saturated rings. The molecular weight excluding hydrogens is 380 g/mol. The Morgan fingerprint density at radius 2 is 2.00 bits per heavy atom. The molecule has 8 heteroatoms. The van der Waals surface area contributed by atoms with Gasteiger partial charge in [0.1, 0.15) is 11.6 Å². The number of nitro benzene ring substituents is 1. The maximum atomic E-state index is 12.3. The average Bonchev–Trinajstić information content (AvgIpc) is 2.69. The van der Waals surface area contributed by atoms with E-state index in [1.54, 1.807) is 6.07 Å². The lowest BCUT2D eigenvalue weighted by molar-refractivity contribution is -0.384. The molecular formula is C20H19ClN4O3. The van der Waals surface area contributed by atoms with Crippen molar-refractivity contribution in [1.82, 2.24) is 0 Å². The maximum absolute atomic E-state index is 12.3. The number of amides is 1. The first kappa shape index (κ1) is 20.9. The summed E-state index contributed by atoms with van der Waals surface area (Å²) < 4.78 is 0. The Bertz CT molecular complexity index is 933. The molecule has 0 aliphatic rings. The van der Waals surface area contributed by atoms with Crippen molar-refractivity contribution < 1.29 is 9.72 Å². The maximum Gasteiger partial charge on any atom is 0.271 e. The van der Waals surface area contributed by atoms with E-state index < -0.39 is 10.8 Å². The highest BCUT2D eigenvalue weighted by molar-refractivity contribution is 6.34. The quantitative estimate of drug-likeness (QED) is 0.280. The predicted molar refractivity (Wildman–Crippen MR) is 109 cm³/mol. The summed E-state index contributed by atoms with van der Waals surface area (Å²) in [5.74, 6) is -0.725. The summed E-state index contributed by atoms with van der Waals surface area (Å²) in [5.41, 5.74) is 1.59. The highest BCUT2D eigenvalue weighted by Gasteiger charge is 2.15. The topological polar surface area (TPSA) is 108 Å². The zero-order valence-electron chi connectivity index (χ0n) is 15.2. The average molecular weight is 399 g/mol. The molecule has 0 aliphatic heterocycles. The van der Waals surface area contributed by atoms with Crippen LogP contribution >= 0.6 is 11.6 Å². The van der Waals surface area contributed by atoms with Crippen molar-refractivity contribution in [3.63, 3.8) is 0 Å². The molecule has 144 valence electrons. The summed E-state index contributed by atoms with van der Waals surface area (Å²) in [6, 6.07) is 13.2. The number of hydrogen-bond acceptors (Lipinski definition) is 5. The zero-order valence-corrected chi connectivity index (χ0v) is 16.0. The first-order valence-corrected chi connectivity index (χ1v) is 9.03. The molecule has 0 unspecified atom stereocenters. The van der Waals surface area contributed by atoms with Gasteiger partial charge >= 0.3 is 0 Å². The molecule has 0 aliphatic carbocycles. The van der Waals surface area contributed by atoms with Crippen molar-refractivity contribution in [2.45, 2.75) is 26.2 Å². The van der Waals surface area contributed by atoms with E-state index in [4.69, 9.17) is 11.6 Å². The Morgan fingerprint density at radius 1 is 1.29 bits per heavy atom. The second-order valence-corrected chi connectivity index (χ2v) is 6.40. The third kappa shape index (κ3) is 5.83. The fourth-order valence-corrected chi connectivity index (χ4v) is 2.53. The molecule has 0 radical (unpaired) electrons. The number of nitro groups is 1. The number of hydrogen-bond donors (Lipinski definition) is 2. The first-order chi connectivity index (χ1) is 13.4. The van der Waals surface area contributed by atoms with Crippen LogP contribution in [-0.4, -0.2) is 10.8 Å². The van der Waals surface area contributed by atoms with Crippen molar-refractivity contribution in [2.24, 2.45) is 0 Å². The van der Waals surface area contributed by atoms with Crippen LogP contribution in [0, 0.1) is 21.4 Å². The molecule has 2 rings (SSSR count). The minimum atomic E-state index is -0.725. The minimum absolute atomic E-state index is 0.0577. The standard InChI is InChI=1S/C20H19ClN4O3/c1-2-3-4-14-5-7-16(8-6-14)23-13-15(12-22)20(26)24-19-11-17(25(27)28)9-10-18(19)21/h5-11,13,23H,2-4H2,1H3,(H,24,26)/b15-13-. The second-order valence-electron chi connectivity index (χ2n) is 5.99. The van der Waals surface area contributed by atoms with E-state index in [9.17, 15) is 20.2 Å². The van der Waals surface area contributed by atoms with Gasteiger partial charge in [0.15, 0.2) is 0 Å². The molecule has 7 nitrogen and oxygen atoms in total. The number of anilines is 2. The van der Waals surface area contributed by atoms with Crippen LogP contribution in [0.4, 0.5) is 17.1 Å². The Hall–Kier alpha value is -3.37. The van der Waals surface area contributed by atoms with Crippen molar-refractivity contribution >= 4 is 34.6 Å². The fraction of sp³-hybridized carbons (Fsp3) is 0.200. The van der Waals surface area contributed by atoms with Gasteiger partial charge in [0.05, 0.1) is 15.6 Å². The number of unbranched alkanes of at least 4 members (excludes halogenated alkanes) is 1. The van der Waals surface area contributed by atoms with E-state index in [2.05, 4.69) is 17.6 Å². The smallest absolute Gasteiger partial charge is 0.271 e. The van der Waals surface area contributed by atoms with Crippen molar-refractivity contribution in [3.05, 3.63) is 74.9 Å². The lowest BCUT2D eigenvalue weighted by Crippen LogP contribution is -2.15. The molecule has 0 saturated heterocycles.